The molecule has 0 N–H and O–H groups in total. The third-order valence-corrected chi connectivity index (χ3v) is 10.8. The van der Waals surface area contributed by atoms with Gasteiger partial charge in [-0.3, -0.25) is 0 Å². The predicted octanol–water partition coefficient (Wildman–Crippen LogP) is 11.4. The Bertz CT molecular complexity index is 2600. The van der Waals surface area contributed by atoms with Crippen molar-refractivity contribution < 1.29 is 8.83 Å². The van der Waals surface area contributed by atoms with E-state index < -0.39 is 0 Å². The number of furan rings is 2. The fourth-order valence-corrected chi connectivity index (χ4v) is 8.39. The van der Waals surface area contributed by atoms with Gasteiger partial charge in [0, 0.05) is 27.2 Å². The third-order valence-electron chi connectivity index (χ3n) is 10.8. The summed E-state index contributed by atoms with van der Waals surface area (Å²) in [5, 5.41) is 4.59. The summed E-state index contributed by atoms with van der Waals surface area (Å²) in [6, 6.07) is 43.2. The third kappa shape index (κ3) is 3.94. The molecule has 0 unspecified atom stereocenters. The van der Waals surface area contributed by atoms with Gasteiger partial charge in [-0.05, 0) is 87.4 Å². The molecule has 10 rings (SSSR count). The monoisotopic (exact) mass is 640 g/mol. The minimum atomic E-state index is 0.0405. The summed E-state index contributed by atoms with van der Waals surface area (Å²) in [5.74, 6) is 0. The van der Waals surface area contributed by atoms with E-state index in [-0.39, 0.29) is 12.3 Å². The Kier molecular flexibility index (Phi) is 5.92. The topological polar surface area (TPSA) is 39.2 Å². The van der Waals surface area contributed by atoms with Crippen LogP contribution in [-0.4, -0.2) is 19.0 Å². The zero-order valence-electron chi connectivity index (χ0n) is 28.0. The van der Waals surface area contributed by atoms with Gasteiger partial charge in [0.25, 0.3) is 0 Å². The van der Waals surface area contributed by atoms with E-state index in [0.717, 1.165) is 49.6 Å². The van der Waals surface area contributed by atoms with Crippen molar-refractivity contribution in [2.45, 2.75) is 40.0 Å². The maximum absolute atomic E-state index is 6.61. The Hall–Kier alpha value is -5.88. The normalized spacial score (nSPS) is 17.3. The van der Waals surface area contributed by atoms with Gasteiger partial charge in [0.05, 0.1) is 35.1 Å². The summed E-state index contributed by atoms with van der Waals surface area (Å²) < 4.78 is 12.9. The zero-order chi connectivity index (χ0) is 33.0. The molecule has 0 spiro atoms. The summed E-state index contributed by atoms with van der Waals surface area (Å²) in [6.45, 7) is 9.74. The molecule has 0 radical (unpaired) electrons. The van der Waals surface area contributed by atoms with Gasteiger partial charge >= 0.3 is 0 Å². The van der Waals surface area contributed by atoms with E-state index in [1.807, 2.05) is 18.2 Å². The van der Waals surface area contributed by atoms with Crippen LogP contribution in [0.5, 0.6) is 0 Å². The van der Waals surface area contributed by atoms with Gasteiger partial charge in [-0.2, -0.15) is 0 Å². The van der Waals surface area contributed by atoms with Crippen molar-refractivity contribution in [2.75, 3.05) is 26.3 Å². The van der Waals surface area contributed by atoms with Crippen LogP contribution in [0.4, 0.5) is 34.1 Å². The second-order valence-corrected chi connectivity index (χ2v) is 13.5. The smallest absolute Gasteiger partial charge is 0.159 e. The molecule has 2 aromatic heterocycles. The first kappa shape index (κ1) is 28.2. The largest absolute Gasteiger partial charge is 0.456 e. The quantitative estimate of drug-likeness (QED) is 0.191. The summed E-state index contributed by atoms with van der Waals surface area (Å²) >= 11 is 0. The lowest BCUT2D eigenvalue weighted by atomic mass is 10.1. The van der Waals surface area contributed by atoms with Gasteiger partial charge in [-0.1, -0.05) is 72.8 Å². The molecule has 6 heteroatoms. The van der Waals surface area contributed by atoms with Crippen LogP contribution in [-0.2, 0) is 0 Å². The van der Waals surface area contributed by atoms with Gasteiger partial charge in [0.2, 0.25) is 0 Å². The van der Waals surface area contributed by atoms with Gasteiger partial charge < -0.3 is 28.4 Å². The van der Waals surface area contributed by atoms with Crippen LogP contribution in [0.15, 0.2) is 130 Å². The Morgan fingerprint density at radius 3 is 1.71 bits per heavy atom. The lowest BCUT2D eigenvalue weighted by molar-refractivity contribution is 0.604. The lowest BCUT2D eigenvalue weighted by Crippen LogP contribution is -2.49. The van der Waals surface area contributed by atoms with Crippen LogP contribution >= 0.6 is 0 Å². The molecule has 0 fully saturated rings. The molecule has 0 aliphatic carbocycles. The maximum Gasteiger partial charge on any atom is 0.159 e. The first-order valence-electron chi connectivity index (χ1n) is 17.1. The van der Waals surface area contributed by atoms with Crippen molar-refractivity contribution in [3.05, 3.63) is 132 Å². The van der Waals surface area contributed by atoms with Gasteiger partial charge in [-0.15, -0.1) is 0 Å². The zero-order valence-corrected chi connectivity index (χ0v) is 28.0. The van der Waals surface area contributed by atoms with Crippen molar-refractivity contribution in [3.63, 3.8) is 0 Å². The van der Waals surface area contributed by atoms with E-state index >= 15 is 0 Å². The SMILES string of the molecule is Cc1cc2oc3ccccc3c2cc1N1c2ccccc2N(CN2c3ccccc3N(c3c(C)ccc4c3oc3ccccc34)[C@@H]2C)[C@@H]1C. The van der Waals surface area contributed by atoms with Crippen LogP contribution in [0, 0.1) is 13.8 Å². The number of aryl methyl sites for hydroxylation is 2. The molecule has 6 nitrogen and oxygen atoms in total. The van der Waals surface area contributed by atoms with E-state index in [4.69, 9.17) is 8.83 Å². The van der Waals surface area contributed by atoms with Crippen molar-refractivity contribution in [1.29, 1.82) is 0 Å². The molecular formula is C43H36N4O2. The highest BCUT2D eigenvalue weighted by atomic mass is 16.3. The molecule has 8 aromatic rings. The minimum Gasteiger partial charge on any atom is -0.456 e. The summed E-state index contributed by atoms with van der Waals surface area (Å²) in [5.41, 5.74) is 13.3. The first-order valence-corrected chi connectivity index (χ1v) is 17.1. The highest BCUT2D eigenvalue weighted by molar-refractivity contribution is 6.11. The number of benzene rings is 6. The number of nitrogens with zero attached hydrogens (tertiary/aromatic N) is 4. The standard InChI is InChI=1S/C43H36N4O2/c1-26-21-22-32-30-13-5-12-20-40(30)49-43(32)42(26)47-29(4)45(35-16-8-10-18-37(35)47)25-44-28(3)46(36-17-9-7-15-34(36)44)38-24-33-31-14-6-11-19-39(31)48-41(33)23-27(38)2/h5-24,28-29H,25H2,1-4H3/t28-,29+/m0/s1. The number of hydrogen-bond donors (Lipinski definition) is 0. The molecular weight excluding hydrogens is 604 g/mol. The molecule has 0 amide bonds. The van der Waals surface area contributed by atoms with Crippen molar-refractivity contribution in [3.8, 4) is 0 Å². The molecule has 6 aromatic carbocycles. The van der Waals surface area contributed by atoms with E-state index in [1.54, 1.807) is 0 Å². The summed E-state index contributed by atoms with van der Waals surface area (Å²) in [6.07, 6.45) is 0.111. The second kappa shape index (κ2) is 10.3. The highest BCUT2D eigenvalue weighted by Crippen LogP contribution is 2.51. The minimum absolute atomic E-state index is 0.0405. The maximum atomic E-state index is 6.61. The first-order chi connectivity index (χ1) is 24.0. The van der Waals surface area contributed by atoms with Crippen molar-refractivity contribution in [1.82, 2.24) is 0 Å². The lowest BCUT2D eigenvalue weighted by Gasteiger charge is -2.37. The van der Waals surface area contributed by atoms with Gasteiger partial charge in [0.1, 0.15) is 29.1 Å². The fourth-order valence-electron chi connectivity index (χ4n) is 8.39. The van der Waals surface area contributed by atoms with Crippen LogP contribution in [0.3, 0.4) is 0 Å². The van der Waals surface area contributed by atoms with Crippen LogP contribution < -0.4 is 19.6 Å². The van der Waals surface area contributed by atoms with Gasteiger partial charge in [-0.25, -0.2) is 0 Å². The molecule has 0 bridgehead atoms. The Morgan fingerprint density at radius 2 is 1.02 bits per heavy atom. The average molecular weight is 641 g/mol. The molecule has 0 saturated heterocycles. The van der Waals surface area contributed by atoms with E-state index in [9.17, 15) is 0 Å². The van der Waals surface area contributed by atoms with Crippen LogP contribution in [0.1, 0.15) is 25.0 Å². The molecule has 240 valence electrons. The Morgan fingerprint density at radius 1 is 0.469 bits per heavy atom. The van der Waals surface area contributed by atoms with E-state index in [1.165, 1.54) is 39.6 Å². The molecule has 2 atom stereocenters. The van der Waals surface area contributed by atoms with E-state index in [0.29, 0.717) is 6.67 Å². The fraction of sp³-hybridized carbons (Fsp3) is 0.163. The number of anilines is 6. The van der Waals surface area contributed by atoms with Gasteiger partial charge in [0.15, 0.2) is 5.58 Å². The van der Waals surface area contributed by atoms with Crippen molar-refractivity contribution in [2.24, 2.45) is 0 Å². The number of fused-ring (bicyclic) bond motifs is 8. The number of para-hydroxylation sites is 6. The van der Waals surface area contributed by atoms with Crippen LogP contribution in [0.2, 0.25) is 0 Å². The summed E-state index contributed by atoms with van der Waals surface area (Å²) in [7, 11) is 0. The Labute approximate surface area is 285 Å². The average Bonchev–Trinajstić information content (AvgIpc) is 3.83. The highest BCUT2D eigenvalue weighted by Gasteiger charge is 2.41. The summed E-state index contributed by atoms with van der Waals surface area (Å²) in [4.78, 5) is 10.0. The van der Waals surface area contributed by atoms with Crippen molar-refractivity contribution >= 4 is 78.0 Å². The molecule has 2 aliphatic rings. The Balaban J connectivity index is 1.07. The molecule has 4 heterocycles. The molecule has 0 saturated carbocycles. The molecule has 2 aliphatic heterocycles. The number of hydrogen-bond acceptors (Lipinski definition) is 6. The van der Waals surface area contributed by atoms with E-state index in [2.05, 4.69) is 150 Å². The number of rotatable bonds is 4. The van der Waals surface area contributed by atoms with Crippen LogP contribution in [0.25, 0.3) is 43.9 Å². The second-order valence-electron chi connectivity index (χ2n) is 13.5. The predicted molar refractivity (Wildman–Crippen MR) is 203 cm³/mol. The molecule has 49 heavy (non-hydrogen) atoms.